The molecule has 0 aliphatic heterocycles. The molecule has 1 aliphatic rings. The van der Waals surface area contributed by atoms with Crippen molar-refractivity contribution in [2.75, 3.05) is 6.61 Å². The van der Waals surface area contributed by atoms with Crippen molar-refractivity contribution in [2.45, 2.75) is 53.0 Å². The second-order valence-corrected chi connectivity index (χ2v) is 6.84. The molecule has 1 amide bonds. The molecule has 1 saturated carbocycles. The fraction of sp³-hybridized carbons (Fsp3) is 0.579. The fourth-order valence-corrected chi connectivity index (χ4v) is 3.20. The average Bonchev–Trinajstić information content (AvgIpc) is 2.52. The standard InChI is InChI=1S/C19H27NO3/c1-12-8-9-14(3)16(10-12)19(22)23-11-18(21)20-17-7-5-6-13(2)15(17)4/h8-10,13,15,17H,5-7,11H2,1-4H3,(H,20,21)/t13-,15-,17-/m0/s1. The first-order chi connectivity index (χ1) is 10.9. The first kappa shape index (κ1) is 17.5. The Kier molecular flexibility index (Phi) is 5.80. The van der Waals surface area contributed by atoms with E-state index in [1.807, 2.05) is 26.0 Å². The highest BCUT2D eigenvalue weighted by Crippen LogP contribution is 2.29. The Hall–Kier alpha value is -1.84. The van der Waals surface area contributed by atoms with Crippen LogP contribution in [0.3, 0.4) is 0 Å². The number of nitrogens with one attached hydrogen (secondary N) is 1. The Morgan fingerprint density at radius 2 is 1.96 bits per heavy atom. The number of amides is 1. The van der Waals surface area contributed by atoms with E-state index >= 15 is 0 Å². The SMILES string of the molecule is Cc1ccc(C)c(C(=O)OCC(=O)N[C@H]2CCC[C@H](C)[C@@H]2C)c1. The molecule has 3 atom stereocenters. The Balaban J connectivity index is 1.86. The molecule has 0 radical (unpaired) electrons. The zero-order valence-electron chi connectivity index (χ0n) is 14.5. The molecule has 0 bridgehead atoms. The number of carbonyl (C=O) groups excluding carboxylic acids is 2. The van der Waals surface area contributed by atoms with Gasteiger partial charge in [-0.05, 0) is 43.7 Å². The maximum absolute atomic E-state index is 12.1. The molecule has 2 rings (SSSR count). The third kappa shape index (κ3) is 4.57. The summed E-state index contributed by atoms with van der Waals surface area (Å²) in [6, 6.07) is 5.81. The second kappa shape index (κ2) is 7.62. The molecule has 1 aliphatic carbocycles. The number of esters is 1. The van der Waals surface area contributed by atoms with Crippen molar-refractivity contribution < 1.29 is 14.3 Å². The van der Waals surface area contributed by atoms with Gasteiger partial charge in [0.2, 0.25) is 0 Å². The summed E-state index contributed by atoms with van der Waals surface area (Å²) in [4.78, 5) is 24.2. The van der Waals surface area contributed by atoms with Crippen LogP contribution in [-0.4, -0.2) is 24.5 Å². The lowest BCUT2D eigenvalue weighted by molar-refractivity contribution is -0.125. The normalized spacial score (nSPS) is 24.1. The number of ether oxygens (including phenoxy) is 1. The molecular weight excluding hydrogens is 290 g/mol. The highest BCUT2D eigenvalue weighted by Gasteiger charge is 2.28. The van der Waals surface area contributed by atoms with Crippen LogP contribution < -0.4 is 5.32 Å². The van der Waals surface area contributed by atoms with Crippen LogP contribution in [0.1, 0.15) is 54.6 Å². The van der Waals surface area contributed by atoms with Gasteiger partial charge < -0.3 is 10.1 Å². The van der Waals surface area contributed by atoms with Gasteiger partial charge in [-0.3, -0.25) is 4.79 Å². The molecule has 4 nitrogen and oxygen atoms in total. The molecule has 1 aromatic rings. The van der Waals surface area contributed by atoms with Crippen LogP contribution in [0.5, 0.6) is 0 Å². The summed E-state index contributed by atoms with van der Waals surface area (Å²) in [6.45, 7) is 7.97. The third-order valence-corrected chi connectivity index (χ3v) is 5.00. The number of hydrogen-bond acceptors (Lipinski definition) is 3. The van der Waals surface area contributed by atoms with Crippen LogP contribution in [0.2, 0.25) is 0 Å². The molecule has 1 N–H and O–H groups in total. The molecule has 0 heterocycles. The minimum atomic E-state index is -0.439. The van der Waals surface area contributed by atoms with Crippen LogP contribution in [-0.2, 0) is 9.53 Å². The molecule has 0 unspecified atom stereocenters. The van der Waals surface area contributed by atoms with Gasteiger partial charge in [0, 0.05) is 6.04 Å². The largest absolute Gasteiger partial charge is 0.452 e. The third-order valence-electron chi connectivity index (χ3n) is 5.00. The number of aryl methyl sites for hydroxylation is 2. The van der Waals surface area contributed by atoms with Crippen LogP contribution in [0, 0.1) is 25.7 Å². The van der Waals surface area contributed by atoms with Gasteiger partial charge in [-0.2, -0.15) is 0 Å². The number of carbonyl (C=O) groups is 2. The van der Waals surface area contributed by atoms with Gasteiger partial charge in [0.1, 0.15) is 0 Å². The first-order valence-corrected chi connectivity index (χ1v) is 8.42. The van der Waals surface area contributed by atoms with Gasteiger partial charge in [0.15, 0.2) is 6.61 Å². The predicted molar refractivity (Wildman–Crippen MR) is 90.3 cm³/mol. The van der Waals surface area contributed by atoms with Crippen LogP contribution in [0.15, 0.2) is 18.2 Å². The number of hydrogen-bond donors (Lipinski definition) is 1. The van der Waals surface area contributed by atoms with Crippen LogP contribution in [0.25, 0.3) is 0 Å². The molecular formula is C19H27NO3. The number of rotatable bonds is 4. The van der Waals surface area contributed by atoms with Gasteiger partial charge in [-0.25, -0.2) is 4.79 Å². The Morgan fingerprint density at radius 3 is 2.70 bits per heavy atom. The fourth-order valence-electron chi connectivity index (χ4n) is 3.20. The lowest BCUT2D eigenvalue weighted by Gasteiger charge is -2.34. The van der Waals surface area contributed by atoms with E-state index in [0.717, 1.165) is 24.0 Å². The van der Waals surface area contributed by atoms with Crippen molar-refractivity contribution in [3.63, 3.8) is 0 Å². The first-order valence-electron chi connectivity index (χ1n) is 8.42. The molecule has 0 aromatic heterocycles. The van der Waals surface area contributed by atoms with E-state index < -0.39 is 5.97 Å². The Bertz CT molecular complexity index is 582. The smallest absolute Gasteiger partial charge is 0.338 e. The maximum Gasteiger partial charge on any atom is 0.338 e. The Labute approximate surface area is 138 Å². The molecule has 4 heteroatoms. The molecule has 126 valence electrons. The number of benzene rings is 1. The summed E-state index contributed by atoms with van der Waals surface area (Å²) in [5.41, 5.74) is 2.38. The highest BCUT2D eigenvalue weighted by atomic mass is 16.5. The van der Waals surface area contributed by atoms with E-state index in [1.54, 1.807) is 6.07 Å². The summed E-state index contributed by atoms with van der Waals surface area (Å²) < 4.78 is 5.18. The van der Waals surface area contributed by atoms with Crippen LogP contribution >= 0.6 is 0 Å². The Morgan fingerprint density at radius 1 is 1.22 bits per heavy atom. The molecule has 0 spiro atoms. The lowest BCUT2D eigenvalue weighted by atomic mass is 9.78. The monoisotopic (exact) mass is 317 g/mol. The van der Waals surface area contributed by atoms with E-state index in [0.29, 0.717) is 17.4 Å². The van der Waals surface area contributed by atoms with Gasteiger partial charge in [0.25, 0.3) is 5.91 Å². The lowest BCUT2D eigenvalue weighted by Crippen LogP contribution is -2.45. The maximum atomic E-state index is 12.1. The van der Waals surface area contributed by atoms with Gasteiger partial charge in [0.05, 0.1) is 5.56 Å². The van der Waals surface area contributed by atoms with Gasteiger partial charge in [-0.15, -0.1) is 0 Å². The van der Waals surface area contributed by atoms with Gasteiger partial charge in [-0.1, -0.05) is 44.4 Å². The zero-order valence-corrected chi connectivity index (χ0v) is 14.5. The predicted octanol–water partition coefficient (Wildman–Crippen LogP) is 3.40. The zero-order chi connectivity index (χ0) is 17.0. The topological polar surface area (TPSA) is 55.4 Å². The minimum absolute atomic E-state index is 0.186. The average molecular weight is 317 g/mol. The van der Waals surface area contributed by atoms with Crippen molar-refractivity contribution in [2.24, 2.45) is 11.8 Å². The summed E-state index contributed by atoms with van der Waals surface area (Å²) in [5, 5.41) is 3.02. The van der Waals surface area contributed by atoms with Crippen molar-refractivity contribution in [3.8, 4) is 0 Å². The molecule has 1 fully saturated rings. The second-order valence-electron chi connectivity index (χ2n) is 6.84. The van der Waals surface area contributed by atoms with E-state index in [4.69, 9.17) is 4.74 Å². The van der Waals surface area contributed by atoms with E-state index in [2.05, 4.69) is 19.2 Å². The van der Waals surface area contributed by atoms with Crippen molar-refractivity contribution >= 4 is 11.9 Å². The van der Waals surface area contributed by atoms with Gasteiger partial charge >= 0.3 is 5.97 Å². The van der Waals surface area contributed by atoms with E-state index in [9.17, 15) is 9.59 Å². The summed E-state index contributed by atoms with van der Waals surface area (Å²) in [5.74, 6) is 0.426. The summed E-state index contributed by atoms with van der Waals surface area (Å²) in [6.07, 6.45) is 3.36. The van der Waals surface area contributed by atoms with Crippen LogP contribution in [0.4, 0.5) is 0 Å². The van der Waals surface area contributed by atoms with E-state index in [-0.39, 0.29) is 18.6 Å². The summed E-state index contributed by atoms with van der Waals surface area (Å²) >= 11 is 0. The van der Waals surface area contributed by atoms with Crippen molar-refractivity contribution in [1.29, 1.82) is 0 Å². The molecule has 0 saturated heterocycles. The quantitative estimate of drug-likeness (QED) is 0.866. The minimum Gasteiger partial charge on any atom is -0.452 e. The molecule has 23 heavy (non-hydrogen) atoms. The summed E-state index contributed by atoms with van der Waals surface area (Å²) in [7, 11) is 0. The van der Waals surface area contributed by atoms with E-state index in [1.165, 1.54) is 6.42 Å². The highest BCUT2D eigenvalue weighted by molar-refractivity contribution is 5.92. The van der Waals surface area contributed by atoms with Crippen molar-refractivity contribution in [1.82, 2.24) is 5.32 Å². The van der Waals surface area contributed by atoms with Crippen molar-refractivity contribution in [3.05, 3.63) is 34.9 Å². The molecule has 1 aromatic carbocycles.